The first-order valence-electron chi connectivity index (χ1n) is 12.3. The molecule has 1 atom stereocenters. The van der Waals surface area contributed by atoms with Crippen molar-refractivity contribution in [3.05, 3.63) is 112 Å². The minimum atomic E-state index is -0.500. The predicted molar refractivity (Wildman–Crippen MR) is 147 cm³/mol. The van der Waals surface area contributed by atoms with Crippen LogP contribution in [0, 0.1) is 5.82 Å². The van der Waals surface area contributed by atoms with Gasteiger partial charge in [-0.15, -0.1) is 0 Å². The molecule has 0 radical (unpaired) electrons. The van der Waals surface area contributed by atoms with Crippen LogP contribution in [-0.2, 0) is 4.79 Å². The van der Waals surface area contributed by atoms with E-state index in [0.29, 0.717) is 16.4 Å². The number of anilines is 2. The van der Waals surface area contributed by atoms with E-state index in [1.165, 1.54) is 12.1 Å². The third-order valence-corrected chi connectivity index (χ3v) is 7.74. The average Bonchev–Trinajstić information content (AvgIpc) is 3.64. The molecule has 1 aliphatic heterocycles. The predicted octanol–water partition coefficient (Wildman–Crippen LogP) is 7.06. The molecule has 3 amide bonds. The maximum absolute atomic E-state index is 14.1. The summed E-state index contributed by atoms with van der Waals surface area (Å²) in [6.07, 6.45) is 3.57. The zero-order valence-electron chi connectivity index (χ0n) is 20.2. The van der Waals surface area contributed by atoms with Crippen molar-refractivity contribution >= 4 is 46.5 Å². The highest BCUT2D eigenvalue weighted by Crippen LogP contribution is 2.42. The summed E-state index contributed by atoms with van der Waals surface area (Å²) in [4.78, 5) is 30.8. The number of carbonyl (C=O) groups is 2. The van der Waals surface area contributed by atoms with Gasteiger partial charge in [0.25, 0.3) is 0 Å². The van der Waals surface area contributed by atoms with Crippen LogP contribution < -0.4 is 10.2 Å². The molecule has 0 saturated heterocycles. The van der Waals surface area contributed by atoms with Gasteiger partial charge < -0.3 is 14.8 Å². The lowest BCUT2D eigenvalue weighted by Gasteiger charge is -2.39. The molecule has 1 fully saturated rings. The standard InChI is InChI=1S/C29H23Cl2FN4O2/c30-21-5-3-6-22(27(21)31)33-29(38)35(20-14-15-20)17-26(37)36-24-8-2-1-7-23(24)34-16-4-9-25(34)28(36)18-10-12-19(32)13-11-18/h1-13,16,20,28H,14-15,17H2,(H,33,38). The molecule has 38 heavy (non-hydrogen) atoms. The van der Waals surface area contributed by atoms with Crippen LogP contribution in [0.15, 0.2) is 85.1 Å². The van der Waals surface area contributed by atoms with E-state index in [9.17, 15) is 14.0 Å². The van der Waals surface area contributed by atoms with E-state index in [4.69, 9.17) is 23.2 Å². The Bertz CT molecular complexity index is 1530. The van der Waals surface area contributed by atoms with Gasteiger partial charge in [0.05, 0.1) is 32.8 Å². The highest BCUT2D eigenvalue weighted by atomic mass is 35.5. The Morgan fingerprint density at radius 3 is 2.39 bits per heavy atom. The van der Waals surface area contributed by atoms with Gasteiger partial charge in [0.1, 0.15) is 18.4 Å². The molecule has 0 spiro atoms. The molecule has 2 aliphatic rings. The molecule has 3 aromatic carbocycles. The van der Waals surface area contributed by atoms with Gasteiger partial charge in [0, 0.05) is 12.2 Å². The van der Waals surface area contributed by atoms with Crippen molar-refractivity contribution in [3.63, 3.8) is 0 Å². The molecule has 1 aromatic heterocycles. The van der Waals surface area contributed by atoms with E-state index in [-0.39, 0.29) is 29.3 Å². The van der Waals surface area contributed by atoms with Gasteiger partial charge in [-0.25, -0.2) is 9.18 Å². The first-order valence-corrected chi connectivity index (χ1v) is 13.0. The van der Waals surface area contributed by atoms with Crippen LogP contribution in [-0.4, -0.2) is 34.0 Å². The molecule has 9 heteroatoms. The third kappa shape index (κ3) is 4.42. The van der Waals surface area contributed by atoms with Crippen molar-refractivity contribution in [3.8, 4) is 5.69 Å². The number of hydrogen-bond donors (Lipinski definition) is 1. The van der Waals surface area contributed by atoms with E-state index in [1.807, 2.05) is 47.2 Å². The summed E-state index contributed by atoms with van der Waals surface area (Å²) < 4.78 is 15.9. The number of carbonyl (C=O) groups excluding carboxylic acids is 2. The van der Waals surface area contributed by atoms with Crippen LogP contribution in [0.5, 0.6) is 0 Å². The molecular formula is C29H23Cl2FN4O2. The molecule has 6 rings (SSSR count). The summed E-state index contributed by atoms with van der Waals surface area (Å²) in [5.74, 6) is -0.604. The van der Waals surface area contributed by atoms with Crippen molar-refractivity contribution in [1.82, 2.24) is 9.47 Å². The van der Waals surface area contributed by atoms with E-state index in [2.05, 4.69) is 5.32 Å². The Labute approximate surface area is 229 Å². The highest BCUT2D eigenvalue weighted by molar-refractivity contribution is 6.44. The number of hydrogen-bond acceptors (Lipinski definition) is 2. The maximum Gasteiger partial charge on any atom is 0.322 e. The van der Waals surface area contributed by atoms with Gasteiger partial charge in [-0.1, -0.05) is 53.5 Å². The monoisotopic (exact) mass is 548 g/mol. The second-order valence-electron chi connectivity index (χ2n) is 9.40. The average molecular weight is 549 g/mol. The SMILES string of the molecule is O=C(Nc1cccc(Cl)c1Cl)N(CC(=O)N1c2ccccc2-n2cccc2C1c1ccc(F)cc1)C1CC1. The van der Waals surface area contributed by atoms with Crippen molar-refractivity contribution in [2.24, 2.45) is 0 Å². The van der Waals surface area contributed by atoms with Crippen molar-refractivity contribution in [1.29, 1.82) is 0 Å². The number of nitrogens with one attached hydrogen (secondary N) is 1. The summed E-state index contributed by atoms with van der Waals surface area (Å²) in [5, 5.41) is 3.38. The lowest BCUT2D eigenvalue weighted by Crippen LogP contribution is -2.48. The summed E-state index contributed by atoms with van der Waals surface area (Å²) in [5.41, 5.74) is 3.59. The van der Waals surface area contributed by atoms with Crippen LogP contribution in [0.1, 0.15) is 30.1 Å². The Hall–Kier alpha value is -3.81. The van der Waals surface area contributed by atoms with Crippen molar-refractivity contribution in [2.75, 3.05) is 16.8 Å². The number of nitrogens with zero attached hydrogens (tertiary/aromatic N) is 3. The Kier molecular flexibility index (Phi) is 6.33. The minimum absolute atomic E-state index is 0.0509. The second-order valence-corrected chi connectivity index (χ2v) is 10.2. The summed E-state index contributed by atoms with van der Waals surface area (Å²) in [7, 11) is 0. The van der Waals surface area contributed by atoms with Crippen LogP contribution in [0.25, 0.3) is 5.69 Å². The Morgan fingerprint density at radius 1 is 0.921 bits per heavy atom. The maximum atomic E-state index is 14.1. The minimum Gasteiger partial charge on any atom is -0.316 e. The lowest BCUT2D eigenvalue weighted by atomic mass is 9.97. The van der Waals surface area contributed by atoms with Crippen molar-refractivity contribution in [2.45, 2.75) is 24.9 Å². The number of urea groups is 1. The molecule has 1 N–H and O–H groups in total. The number of aromatic nitrogens is 1. The number of benzene rings is 3. The van der Waals surface area contributed by atoms with Gasteiger partial charge in [0.15, 0.2) is 0 Å². The van der Waals surface area contributed by atoms with Crippen molar-refractivity contribution < 1.29 is 14.0 Å². The molecule has 0 bridgehead atoms. The fourth-order valence-corrected chi connectivity index (χ4v) is 5.33. The van der Waals surface area contributed by atoms with Gasteiger partial charge in [-0.2, -0.15) is 0 Å². The summed E-state index contributed by atoms with van der Waals surface area (Å²) in [6, 6.07) is 21.7. The van der Waals surface area contributed by atoms with Gasteiger partial charge in [-0.05, 0) is 66.9 Å². The molecule has 4 aromatic rings. The van der Waals surface area contributed by atoms with E-state index >= 15 is 0 Å². The molecule has 1 aliphatic carbocycles. The number of halogens is 3. The first-order chi connectivity index (χ1) is 18.4. The highest BCUT2D eigenvalue weighted by Gasteiger charge is 2.40. The van der Waals surface area contributed by atoms with Gasteiger partial charge >= 0.3 is 6.03 Å². The molecule has 1 unspecified atom stereocenters. The normalized spacial score (nSPS) is 16.0. The zero-order valence-corrected chi connectivity index (χ0v) is 21.7. The van der Waals surface area contributed by atoms with Crippen LogP contribution in [0.2, 0.25) is 10.0 Å². The zero-order chi connectivity index (χ0) is 26.4. The fraction of sp³-hybridized carbons (Fsp3) is 0.172. The van der Waals surface area contributed by atoms with E-state index < -0.39 is 12.1 Å². The second kappa shape index (κ2) is 9.82. The number of amides is 3. The van der Waals surface area contributed by atoms with Gasteiger partial charge in [0.2, 0.25) is 5.91 Å². The molecule has 192 valence electrons. The van der Waals surface area contributed by atoms with Crippen LogP contribution in [0.4, 0.5) is 20.6 Å². The fourth-order valence-electron chi connectivity index (χ4n) is 4.98. The van der Waals surface area contributed by atoms with E-state index in [0.717, 1.165) is 29.8 Å². The summed E-state index contributed by atoms with van der Waals surface area (Å²) >= 11 is 12.4. The van der Waals surface area contributed by atoms with Crippen LogP contribution >= 0.6 is 23.2 Å². The molecular weight excluding hydrogens is 526 g/mol. The van der Waals surface area contributed by atoms with E-state index in [1.54, 1.807) is 40.1 Å². The Balaban J connectivity index is 1.36. The molecule has 2 heterocycles. The van der Waals surface area contributed by atoms with Crippen LogP contribution in [0.3, 0.4) is 0 Å². The smallest absolute Gasteiger partial charge is 0.316 e. The molecule has 1 saturated carbocycles. The topological polar surface area (TPSA) is 57.6 Å². The first kappa shape index (κ1) is 24.5. The quantitative estimate of drug-likeness (QED) is 0.290. The summed E-state index contributed by atoms with van der Waals surface area (Å²) in [6.45, 7) is -0.137. The number of fused-ring (bicyclic) bond motifs is 3. The third-order valence-electron chi connectivity index (χ3n) is 6.92. The molecule has 6 nitrogen and oxygen atoms in total. The Morgan fingerprint density at radius 2 is 1.66 bits per heavy atom. The number of para-hydroxylation sites is 2. The number of rotatable bonds is 5. The largest absolute Gasteiger partial charge is 0.322 e. The lowest BCUT2D eigenvalue weighted by molar-refractivity contribution is -0.119. The van der Waals surface area contributed by atoms with Gasteiger partial charge in [-0.3, -0.25) is 9.69 Å².